The monoisotopic (exact) mass is 246 g/mol. The molecule has 1 aromatic carbocycles. The van der Waals surface area contributed by atoms with E-state index in [-0.39, 0.29) is 11.9 Å². The maximum atomic E-state index is 12.0. The molecule has 1 saturated heterocycles. The number of hydrogen-bond donors (Lipinski definition) is 2. The van der Waals surface area contributed by atoms with E-state index in [4.69, 9.17) is 4.74 Å². The molecule has 1 atom stereocenters. The zero-order valence-electron chi connectivity index (χ0n) is 10.4. The van der Waals surface area contributed by atoms with Crippen molar-refractivity contribution < 1.29 is 9.53 Å². The van der Waals surface area contributed by atoms with Gasteiger partial charge in [0.1, 0.15) is 5.75 Å². The van der Waals surface area contributed by atoms with Crippen LogP contribution in [0.4, 0.5) is 5.69 Å². The number of amides is 1. The van der Waals surface area contributed by atoms with Crippen molar-refractivity contribution in [3.05, 3.63) is 23.8 Å². The minimum atomic E-state index is -0.0303. The number of fused-ring (bicyclic) bond motifs is 1. The van der Waals surface area contributed by atoms with Crippen molar-refractivity contribution >= 4 is 11.6 Å². The molecule has 18 heavy (non-hydrogen) atoms. The molecule has 1 aromatic rings. The first-order chi connectivity index (χ1) is 8.83. The summed E-state index contributed by atoms with van der Waals surface area (Å²) in [6, 6.07) is 5.86. The van der Waals surface area contributed by atoms with Crippen LogP contribution in [0, 0.1) is 0 Å². The Balaban J connectivity index is 1.70. The lowest BCUT2D eigenvalue weighted by Crippen LogP contribution is -2.35. The van der Waals surface area contributed by atoms with Crippen LogP contribution in [0.2, 0.25) is 0 Å². The normalized spacial score (nSPS) is 22.1. The second kappa shape index (κ2) is 4.98. The number of carbonyl (C=O) groups is 1. The Bertz CT molecular complexity index is 453. The highest BCUT2D eigenvalue weighted by Gasteiger charge is 2.22. The SMILES string of the molecule is O=C(Nc1ccc2c(c1)CCCO2)C1CCCN1. The van der Waals surface area contributed by atoms with Gasteiger partial charge in [-0.3, -0.25) is 4.79 Å². The molecule has 1 fully saturated rings. The number of anilines is 1. The van der Waals surface area contributed by atoms with E-state index in [1.807, 2.05) is 18.2 Å². The highest BCUT2D eigenvalue weighted by Crippen LogP contribution is 2.27. The molecule has 0 aliphatic carbocycles. The van der Waals surface area contributed by atoms with Crippen molar-refractivity contribution in [3.8, 4) is 5.75 Å². The molecular formula is C14H18N2O2. The number of benzene rings is 1. The summed E-state index contributed by atoms with van der Waals surface area (Å²) in [5.41, 5.74) is 2.07. The van der Waals surface area contributed by atoms with Gasteiger partial charge in [-0.25, -0.2) is 0 Å². The van der Waals surface area contributed by atoms with E-state index in [2.05, 4.69) is 10.6 Å². The number of hydrogen-bond acceptors (Lipinski definition) is 3. The maximum absolute atomic E-state index is 12.0. The molecule has 4 nitrogen and oxygen atoms in total. The summed E-state index contributed by atoms with van der Waals surface area (Å²) < 4.78 is 5.56. The largest absolute Gasteiger partial charge is 0.493 e. The number of nitrogens with one attached hydrogen (secondary N) is 2. The zero-order valence-corrected chi connectivity index (χ0v) is 10.4. The lowest BCUT2D eigenvalue weighted by Gasteiger charge is -2.18. The first kappa shape index (κ1) is 11.5. The van der Waals surface area contributed by atoms with E-state index in [0.29, 0.717) is 0 Å². The summed E-state index contributed by atoms with van der Waals surface area (Å²) in [5.74, 6) is 1.03. The quantitative estimate of drug-likeness (QED) is 0.835. The number of carbonyl (C=O) groups excluding carboxylic acids is 1. The molecule has 2 aliphatic rings. The summed E-state index contributed by atoms with van der Waals surface area (Å²) in [7, 11) is 0. The van der Waals surface area contributed by atoms with Crippen molar-refractivity contribution in [2.45, 2.75) is 31.7 Å². The number of ether oxygens (including phenoxy) is 1. The van der Waals surface area contributed by atoms with Crippen LogP contribution in [0.1, 0.15) is 24.8 Å². The lowest BCUT2D eigenvalue weighted by atomic mass is 10.1. The fourth-order valence-electron chi connectivity index (χ4n) is 2.58. The van der Waals surface area contributed by atoms with Crippen LogP contribution in [0.5, 0.6) is 5.75 Å². The third-order valence-corrected chi connectivity index (χ3v) is 3.55. The minimum absolute atomic E-state index is 0.0303. The van der Waals surface area contributed by atoms with Crippen LogP contribution in [-0.4, -0.2) is 25.1 Å². The molecule has 1 unspecified atom stereocenters. The molecule has 0 spiro atoms. The molecule has 0 aromatic heterocycles. The Morgan fingerprint density at radius 2 is 2.33 bits per heavy atom. The van der Waals surface area contributed by atoms with E-state index in [1.54, 1.807) is 0 Å². The van der Waals surface area contributed by atoms with Crippen molar-refractivity contribution in [1.82, 2.24) is 5.32 Å². The van der Waals surface area contributed by atoms with Gasteiger partial charge in [0.05, 0.1) is 12.6 Å². The fraction of sp³-hybridized carbons (Fsp3) is 0.500. The third kappa shape index (κ3) is 2.34. The van der Waals surface area contributed by atoms with Gasteiger partial charge in [-0.1, -0.05) is 0 Å². The fourth-order valence-corrected chi connectivity index (χ4v) is 2.58. The van der Waals surface area contributed by atoms with Crippen molar-refractivity contribution in [2.75, 3.05) is 18.5 Å². The Hall–Kier alpha value is -1.55. The first-order valence-corrected chi connectivity index (χ1v) is 6.63. The van der Waals surface area contributed by atoms with Crippen molar-refractivity contribution in [1.29, 1.82) is 0 Å². The number of aryl methyl sites for hydroxylation is 1. The van der Waals surface area contributed by atoms with Gasteiger partial charge in [0.15, 0.2) is 0 Å². The Morgan fingerprint density at radius 1 is 1.39 bits per heavy atom. The van der Waals surface area contributed by atoms with Crippen LogP contribution in [0.15, 0.2) is 18.2 Å². The summed E-state index contributed by atoms with van der Waals surface area (Å²) in [4.78, 5) is 12.0. The third-order valence-electron chi connectivity index (χ3n) is 3.55. The van der Waals surface area contributed by atoms with E-state index in [0.717, 1.165) is 50.3 Å². The van der Waals surface area contributed by atoms with Gasteiger partial charge in [0.25, 0.3) is 0 Å². The molecule has 96 valence electrons. The van der Waals surface area contributed by atoms with Crippen molar-refractivity contribution in [3.63, 3.8) is 0 Å². The van der Waals surface area contributed by atoms with Gasteiger partial charge in [-0.2, -0.15) is 0 Å². The lowest BCUT2D eigenvalue weighted by molar-refractivity contribution is -0.117. The van der Waals surface area contributed by atoms with E-state index >= 15 is 0 Å². The molecule has 2 heterocycles. The first-order valence-electron chi connectivity index (χ1n) is 6.63. The van der Waals surface area contributed by atoms with Gasteiger partial charge in [0, 0.05) is 5.69 Å². The van der Waals surface area contributed by atoms with Gasteiger partial charge < -0.3 is 15.4 Å². The van der Waals surface area contributed by atoms with Crippen LogP contribution >= 0.6 is 0 Å². The van der Waals surface area contributed by atoms with E-state index in [1.165, 1.54) is 5.56 Å². The second-order valence-electron chi connectivity index (χ2n) is 4.91. The molecule has 2 N–H and O–H groups in total. The van der Waals surface area contributed by atoms with Crippen molar-refractivity contribution in [2.24, 2.45) is 0 Å². The average Bonchev–Trinajstić information content (AvgIpc) is 2.92. The highest BCUT2D eigenvalue weighted by atomic mass is 16.5. The van der Waals surface area contributed by atoms with Crippen LogP contribution in [0.25, 0.3) is 0 Å². The standard InChI is InChI=1S/C14H18N2O2/c17-14(12-4-1-7-15-12)16-11-5-6-13-10(9-11)3-2-8-18-13/h5-6,9,12,15H,1-4,7-8H2,(H,16,17). The van der Waals surface area contributed by atoms with Gasteiger partial charge in [-0.05, 0) is 56.0 Å². The Kier molecular flexibility index (Phi) is 3.19. The molecule has 0 radical (unpaired) electrons. The molecule has 0 saturated carbocycles. The molecule has 1 amide bonds. The molecular weight excluding hydrogens is 228 g/mol. The Morgan fingerprint density at radius 3 is 3.17 bits per heavy atom. The minimum Gasteiger partial charge on any atom is -0.493 e. The van der Waals surface area contributed by atoms with Crippen LogP contribution in [-0.2, 0) is 11.2 Å². The molecule has 3 rings (SSSR count). The van der Waals surface area contributed by atoms with E-state index in [9.17, 15) is 4.79 Å². The summed E-state index contributed by atoms with van der Waals surface area (Å²) >= 11 is 0. The number of rotatable bonds is 2. The van der Waals surface area contributed by atoms with Crippen LogP contribution < -0.4 is 15.4 Å². The topological polar surface area (TPSA) is 50.4 Å². The second-order valence-corrected chi connectivity index (χ2v) is 4.91. The van der Waals surface area contributed by atoms with Crippen LogP contribution in [0.3, 0.4) is 0 Å². The summed E-state index contributed by atoms with van der Waals surface area (Å²) in [6.07, 6.45) is 4.09. The average molecular weight is 246 g/mol. The van der Waals surface area contributed by atoms with Gasteiger partial charge in [0.2, 0.25) is 5.91 Å². The Labute approximate surface area is 107 Å². The highest BCUT2D eigenvalue weighted by molar-refractivity contribution is 5.95. The van der Waals surface area contributed by atoms with Gasteiger partial charge in [-0.15, -0.1) is 0 Å². The van der Waals surface area contributed by atoms with E-state index < -0.39 is 0 Å². The predicted molar refractivity (Wildman–Crippen MR) is 69.9 cm³/mol. The molecule has 4 heteroatoms. The molecule has 0 bridgehead atoms. The maximum Gasteiger partial charge on any atom is 0.241 e. The smallest absolute Gasteiger partial charge is 0.241 e. The predicted octanol–water partition coefficient (Wildman–Crippen LogP) is 1.70. The van der Waals surface area contributed by atoms with Gasteiger partial charge >= 0.3 is 0 Å². The summed E-state index contributed by atoms with van der Waals surface area (Å²) in [6.45, 7) is 1.74. The summed E-state index contributed by atoms with van der Waals surface area (Å²) in [5, 5.41) is 6.18. The zero-order chi connectivity index (χ0) is 12.4. The molecule has 2 aliphatic heterocycles.